The zero-order chi connectivity index (χ0) is 51.6. The van der Waals surface area contributed by atoms with E-state index in [4.69, 9.17) is 18.9 Å². The first-order chi connectivity index (χ1) is 35.6. The van der Waals surface area contributed by atoms with Crippen LogP contribution in [0.4, 0.5) is 34.1 Å². The molecule has 0 bridgehead atoms. The van der Waals surface area contributed by atoms with Gasteiger partial charge in [-0.1, -0.05) is 74.5 Å². The highest BCUT2D eigenvalue weighted by atomic mass is 16.6. The summed E-state index contributed by atoms with van der Waals surface area (Å²) < 4.78 is 26.5. The second kappa shape index (κ2) is 16.8. The fraction of sp³-hybridized carbons (Fsp3) is 0.219. The summed E-state index contributed by atoms with van der Waals surface area (Å²) >= 11 is 0. The molecule has 0 amide bonds. The summed E-state index contributed by atoms with van der Waals surface area (Å²) in [6, 6.07) is 53.6. The Morgan fingerprint density at radius 2 is 0.797 bits per heavy atom. The minimum Gasteiger partial charge on any atom is -0.456 e. The van der Waals surface area contributed by atoms with E-state index in [2.05, 4.69) is 124 Å². The molecular weight excluding hydrogens is 921 g/mol. The first kappa shape index (κ1) is 46.6. The van der Waals surface area contributed by atoms with Crippen molar-refractivity contribution in [2.24, 2.45) is 0 Å². The van der Waals surface area contributed by atoms with Gasteiger partial charge < -0.3 is 38.5 Å². The van der Waals surface area contributed by atoms with E-state index in [9.17, 15) is 9.59 Å². The predicted octanol–water partition coefficient (Wildman–Crippen LogP) is 13.8. The van der Waals surface area contributed by atoms with E-state index < -0.39 is 11.2 Å². The van der Waals surface area contributed by atoms with E-state index in [1.807, 2.05) is 123 Å². The number of fused-ring (bicyclic) bond motifs is 12. The van der Waals surface area contributed by atoms with Crippen LogP contribution in [0, 0.1) is 13.8 Å². The Morgan fingerprint density at radius 1 is 0.432 bits per heavy atom. The molecule has 8 aromatic carbocycles. The van der Waals surface area contributed by atoms with Crippen LogP contribution in [-0.2, 0) is 26.1 Å². The van der Waals surface area contributed by atoms with Crippen LogP contribution in [0.25, 0.3) is 0 Å². The van der Waals surface area contributed by atoms with Crippen molar-refractivity contribution < 1.29 is 28.5 Å². The predicted molar refractivity (Wildman–Crippen MR) is 293 cm³/mol. The smallest absolute Gasteiger partial charge is 0.340 e. The lowest BCUT2D eigenvalue weighted by molar-refractivity contribution is 0.0214. The van der Waals surface area contributed by atoms with Crippen molar-refractivity contribution in [3.05, 3.63) is 224 Å². The zero-order valence-electron chi connectivity index (χ0n) is 43.5. The van der Waals surface area contributed by atoms with Crippen molar-refractivity contribution >= 4 is 46.1 Å². The molecule has 0 fully saturated rings. The second-order valence-electron chi connectivity index (χ2n) is 20.8. The molecule has 4 heterocycles. The van der Waals surface area contributed by atoms with Gasteiger partial charge >= 0.3 is 11.9 Å². The van der Waals surface area contributed by atoms with Crippen LogP contribution in [0.15, 0.2) is 158 Å². The monoisotopic (exact) mass is 978 g/mol. The third kappa shape index (κ3) is 6.69. The maximum Gasteiger partial charge on any atom is 0.340 e. The van der Waals surface area contributed by atoms with Crippen LogP contribution in [0.3, 0.4) is 0 Å². The highest BCUT2D eigenvalue weighted by Crippen LogP contribution is 2.60. The number of carbonyl (C=O) groups is 2. The molecule has 12 rings (SSSR count). The van der Waals surface area contributed by atoms with E-state index in [0.717, 1.165) is 85.1 Å². The van der Waals surface area contributed by atoms with Gasteiger partial charge in [0, 0.05) is 127 Å². The van der Waals surface area contributed by atoms with E-state index in [-0.39, 0.29) is 17.4 Å². The van der Waals surface area contributed by atoms with E-state index in [1.54, 1.807) is 0 Å². The molecule has 2 atom stereocenters. The van der Waals surface area contributed by atoms with Crippen LogP contribution in [0.1, 0.15) is 96.6 Å². The summed E-state index contributed by atoms with van der Waals surface area (Å²) in [5.74, 6) is 1.93. The third-order valence-electron chi connectivity index (χ3n) is 16.3. The lowest BCUT2D eigenvalue weighted by Gasteiger charge is -2.38. The maximum absolute atomic E-state index is 13.7. The van der Waals surface area contributed by atoms with Crippen molar-refractivity contribution in [1.29, 1.82) is 0 Å². The van der Waals surface area contributed by atoms with Gasteiger partial charge in [-0.2, -0.15) is 0 Å². The lowest BCUT2D eigenvalue weighted by atomic mass is 9.74. The van der Waals surface area contributed by atoms with Gasteiger partial charge in [0.1, 0.15) is 23.0 Å². The molecule has 0 saturated carbocycles. The van der Waals surface area contributed by atoms with Crippen molar-refractivity contribution in [3.63, 3.8) is 0 Å². The number of anilines is 6. The van der Waals surface area contributed by atoms with Crippen LogP contribution in [-0.4, -0.2) is 54.2 Å². The molecule has 10 heteroatoms. The third-order valence-corrected chi connectivity index (χ3v) is 16.3. The molecule has 0 N–H and O–H groups in total. The molecule has 10 nitrogen and oxygen atoms in total. The number of esters is 2. The Hall–Kier alpha value is -8.50. The van der Waals surface area contributed by atoms with Gasteiger partial charge in [0.25, 0.3) is 0 Å². The molecule has 0 aromatic heterocycles. The molecule has 4 aliphatic rings. The number of aryl methyl sites for hydroxylation is 2. The van der Waals surface area contributed by atoms with E-state index >= 15 is 0 Å². The quantitative estimate of drug-likeness (QED) is 0.130. The fourth-order valence-corrected chi connectivity index (χ4v) is 11.8. The number of carbonyl (C=O) groups excluding carboxylic acids is 2. The standard InChI is InChI=1S/C64H58N4O6/c1-11-62(4,40-20-24-42(25-21-40)67(9)54-36-52-56(32-38(54)2)71-58-34-44(65(5)6)28-30-50(58)63(52)48-18-14-12-16-46(48)60(69)73-63)41-22-26-43(27-23-41)68(10)55-37-53-57(33-39(55)3)72-59-35-45(66(7)8)29-31-51(59)64(53)49-19-15-13-17-47(49)61(70)74-64/h12-37H,11H2,1-10H3. The summed E-state index contributed by atoms with van der Waals surface area (Å²) in [6.07, 6.45) is 0.880. The van der Waals surface area contributed by atoms with Crippen LogP contribution < -0.4 is 29.1 Å². The summed E-state index contributed by atoms with van der Waals surface area (Å²) in [7, 11) is 12.2. The highest BCUT2D eigenvalue weighted by molar-refractivity contribution is 5.98. The van der Waals surface area contributed by atoms with Gasteiger partial charge in [0.2, 0.25) is 0 Å². The Balaban J connectivity index is 0.845. The normalized spacial score (nSPS) is 18.1. The minimum absolute atomic E-state index is 0.287. The highest BCUT2D eigenvalue weighted by Gasteiger charge is 2.55. The molecule has 0 saturated heterocycles. The number of hydrogen-bond acceptors (Lipinski definition) is 10. The van der Waals surface area contributed by atoms with Gasteiger partial charge in [0.15, 0.2) is 11.2 Å². The van der Waals surface area contributed by atoms with E-state index in [1.165, 1.54) is 11.1 Å². The molecule has 8 aromatic rings. The molecule has 2 spiro atoms. The Bertz CT molecular complexity index is 3410. The van der Waals surface area contributed by atoms with E-state index in [0.29, 0.717) is 34.1 Å². The molecule has 74 heavy (non-hydrogen) atoms. The summed E-state index contributed by atoms with van der Waals surface area (Å²) in [6.45, 7) is 8.73. The van der Waals surface area contributed by atoms with Gasteiger partial charge in [0.05, 0.1) is 11.1 Å². The summed E-state index contributed by atoms with van der Waals surface area (Å²) in [5, 5.41) is 0. The fourth-order valence-electron chi connectivity index (χ4n) is 11.8. The largest absolute Gasteiger partial charge is 0.456 e. The van der Waals surface area contributed by atoms with Gasteiger partial charge in [-0.15, -0.1) is 0 Å². The number of benzene rings is 8. The topological polar surface area (TPSA) is 84.0 Å². The zero-order valence-corrected chi connectivity index (χ0v) is 43.5. The van der Waals surface area contributed by atoms with Gasteiger partial charge in [-0.25, -0.2) is 9.59 Å². The minimum atomic E-state index is -1.18. The average Bonchev–Trinajstić information content (AvgIpc) is 3.91. The Labute approximate surface area is 432 Å². The van der Waals surface area contributed by atoms with Gasteiger partial charge in [-0.05, 0) is 127 Å². The molecule has 2 unspecified atom stereocenters. The molecule has 370 valence electrons. The van der Waals surface area contributed by atoms with Crippen molar-refractivity contribution in [1.82, 2.24) is 0 Å². The molecule has 0 radical (unpaired) electrons. The van der Waals surface area contributed by atoms with Crippen molar-refractivity contribution in [3.8, 4) is 23.0 Å². The van der Waals surface area contributed by atoms with Crippen LogP contribution in [0.2, 0.25) is 0 Å². The number of hydrogen-bond donors (Lipinski definition) is 0. The summed E-state index contributed by atoms with van der Waals surface area (Å²) in [4.78, 5) is 35.8. The van der Waals surface area contributed by atoms with Gasteiger partial charge in [-0.3, -0.25) is 0 Å². The molecule has 0 aliphatic carbocycles. The average molecular weight is 979 g/mol. The Morgan fingerprint density at radius 3 is 1.18 bits per heavy atom. The maximum atomic E-state index is 13.7. The second-order valence-corrected chi connectivity index (χ2v) is 20.8. The van der Waals surface area contributed by atoms with Crippen molar-refractivity contribution in [2.75, 3.05) is 61.9 Å². The summed E-state index contributed by atoms with van der Waals surface area (Å²) in [5.41, 5.74) is 13.6. The first-order valence-electron chi connectivity index (χ1n) is 25.2. The van der Waals surface area contributed by atoms with Crippen LogP contribution in [0.5, 0.6) is 23.0 Å². The lowest BCUT2D eigenvalue weighted by Crippen LogP contribution is -2.33. The molecule has 4 aliphatic heterocycles. The Kier molecular flexibility index (Phi) is 10.6. The van der Waals surface area contributed by atoms with Crippen molar-refractivity contribution in [2.45, 2.75) is 50.7 Å². The molecular formula is C64H58N4O6. The SMILES string of the molecule is CCC(C)(c1ccc(N(C)c2cc3c(cc2C)Oc2cc(N(C)C)ccc2C32OC(=O)c3ccccc32)cc1)c1ccc(N(C)c2cc3c(cc2C)Oc2cc(N(C)C)ccc2C32OC(=O)c3ccccc32)cc1. The van der Waals surface area contributed by atoms with Crippen LogP contribution >= 0.6 is 0 Å². The first-order valence-corrected chi connectivity index (χ1v) is 25.2. The number of rotatable bonds is 9. The number of ether oxygens (including phenoxy) is 4. The number of nitrogens with zero attached hydrogens (tertiary/aromatic N) is 4.